The Balaban J connectivity index is 2.05. The van der Waals surface area contributed by atoms with Gasteiger partial charge in [0, 0.05) is 0 Å². The van der Waals surface area contributed by atoms with Crippen molar-refractivity contribution in [3.63, 3.8) is 0 Å². The maximum Gasteiger partial charge on any atom is 0.339 e. The van der Waals surface area contributed by atoms with Crippen LogP contribution in [-0.4, -0.2) is 22.8 Å². The summed E-state index contributed by atoms with van der Waals surface area (Å²) in [5.41, 5.74) is 2.03. The molecular weight excluding hydrogens is 412 g/mol. The van der Waals surface area contributed by atoms with Gasteiger partial charge in [0.05, 0.1) is 12.2 Å². The third-order valence-corrected chi connectivity index (χ3v) is 6.13. The lowest BCUT2D eigenvalue weighted by molar-refractivity contribution is 0.0693. The molecule has 0 saturated carbocycles. The Bertz CT molecular complexity index is 880. The number of hydrogen-bond acceptors (Lipinski definition) is 3. The molecule has 2 N–H and O–H groups in total. The quantitative estimate of drug-likeness (QED) is 0.281. The molecule has 0 aliphatic rings. The van der Waals surface area contributed by atoms with Crippen molar-refractivity contribution in [2.45, 2.75) is 97.3 Å². The van der Waals surface area contributed by atoms with Gasteiger partial charge >= 0.3 is 5.97 Å². The molecular formula is C29H42O4. The van der Waals surface area contributed by atoms with Gasteiger partial charge in [0.2, 0.25) is 0 Å². The standard InChI is InChI=1S/C29H42O4/c1-5-6-7-8-9-10-11-12-13-16-21-33-25-20-19-23(28(31)32)27(30)26(25)22-17-14-15-18-24(22)29(2,3)4/h14-15,17-20,30H,5-13,16,21H2,1-4H3,(H,31,32). The summed E-state index contributed by atoms with van der Waals surface area (Å²) >= 11 is 0. The lowest BCUT2D eigenvalue weighted by atomic mass is 9.81. The number of aromatic carboxylic acids is 1. The van der Waals surface area contributed by atoms with Gasteiger partial charge in [0.25, 0.3) is 0 Å². The van der Waals surface area contributed by atoms with Crippen molar-refractivity contribution in [2.24, 2.45) is 0 Å². The molecule has 0 fully saturated rings. The minimum atomic E-state index is -1.15. The maximum absolute atomic E-state index is 11.7. The number of hydrogen-bond donors (Lipinski definition) is 2. The van der Waals surface area contributed by atoms with Crippen molar-refractivity contribution in [1.82, 2.24) is 0 Å². The Hall–Kier alpha value is -2.49. The van der Waals surface area contributed by atoms with E-state index in [1.807, 2.05) is 24.3 Å². The topological polar surface area (TPSA) is 66.8 Å². The number of benzene rings is 2. The first-order valence-corrected chi connectivity index (χ1v) is 12.6. The summed E-state index contributed by atoms with van der Waals surface area (Å²) in [6.07, 6.45) is 12.5. The van der Waals surface area contributed by atoms with Crippen molar-refractivity contribution in [2.75, 3.05) is 6.61 Å². The van der Waals surface area contributed by atoms with Crippen LogP contribution in [0.25, 0.3) is 11.1 Å². The van der Waals surface area contributed by atoms with Crippen LogP contribution < -0.4 is 4.74 Å². The summed E-state index contributed by atoms with van der Waals surface area (Å²) in [5, 5.41) is 20.4. The summed E-state index contributed by atoms with van der Waals surface area (Å²) in [4.78, 5) is 11.7. The van der Waals surface area contributed by atoms with Crippen LogP contribution in [-0.2, 0) is 5.41 Å². The Morgan fingerprint density at radius 3 is 2.00 bits per heavy atom. The molecule has 182 valence electrons. The Labute approximate surface area is 200 Å². The van der Waals surface area contributed by atoms with Crippen molar-refractivity contribution in [3.05, 3.63) is 47.5 Å². The van der Waals surface area contributed by atoms with Crippen LogP contribution in [0, 0.1) is 0 Å². The van der Waals surface area contributed by atoms with E-state index in [0.717, 1.165) is 24.0 Å². The zero-order valence-electron chi connectivity index (χ0n) is 21.0. The highest BCUT2D eigenvalue weighted by molar-refractivity contribution is 5.96. The molecule has 2 aromatic rings. The molecule has 0 saturated heterocycles. The van der Waals surface area contributed by atoms with Crippen LogP contribution in [0.5, 0.6) is 11.5 Å². The Morgan fingerprint density at radius 1 is 0.848 bits per heavy atom. The lowest BCUT2D eigenvalue weighted by Crippen LogP contribution is -2.13. The Kier molecular flexibility index (Phi) is 10.8. The molecule has 0 heterocycles. The first kappa shape index (κ1) is 26.8. The highest BCUT2D eigenvalue weighted by Crippen LogP contribution is 2.44. The molecule has 0 amide bonds. The second-order valence-electron chi connectivity index (χ2n) is 9.97. The van der Waals surface area contributed by atoms with E-state index in [9.17, 15) is 15.0 Å². The third-order valence-electron chi connectivity index (χ3n) is 6.13. The zero-order chi connectivity index (χ0) is 24.3. The lowest BCUT2D eigenvalue weighted by Gasteiger charge is -2.25. The largest absolute Gasteiger partial charge is 0.506 e. The zero-order valence-corrected chi connectivity index (χ0v) is 21.0. The SMILES string of the molecule is CCCCCCCCCCCCOc1ccc(C(=O)O)c(O)c1-c1ccccc1C(C)(C)C. The molecule has 33 heavy (non-hydrogen) atoms. The van der Waals surface area contributed by atoms with Gasteiger partial charge in [-0.25, -0.2) is 4.79 Å². The molecule has 2 rings (SSSR count). The van der Waals surface area contributed by atoms with E-state index in [-0.39, 0.29) is 16.7 Å². The molecule has 0 unspecified atom stereocenters. The molecule has 0 atom stereocenters. The van der Waals surface area contributed by atoms with Gasteiger partial charge < -0.3 is 14.9 Å². The predicted octanol–water partition coefficient (Wildman–Crippen LogP) is 8.35. The molecule has 4 heteroatoms. The smallest absolute Gasteiger partial charge is 0.339 e. The van der Waals surface area contributed by atoms with Crippen molar-refractivity contribution < 1.29 is 19.7 Å². The maximum atomic E-state index is 11.7. The normalized spacial score (nSPS) is 11.5. The fourth-order valence-corrected chi connectivity index (χ4v) is 4.25. The predicted molar refractivity (Wildman–Crippen MR) is 137 cm³/mol. The van der Waals surface area contributed by atoms with E-state index in [4.69, 9.17) is 4.74 Å². The first-order valence-electron chi connectivity index (χ1n) is 12.6. The molecule has 0 aliphatic heterocycles. The van der Waals surface area contributed by atoms with E-state index in [1.54, 1.807) is 6.07 Å². The third kappa shape index (κ3) is 8.10. The van der Waals surface area contributed by atoms with Gasteiger partial charge in [-0.2, -0.15) is 0 Å². The van der Waals surface area contributed by atoms with Crippen molar-refractivity contribution in [1.29, 1.82) is 0 Å². The fourth-order valence-electron chi connectivity index (χ4n) is 4.25. The number of rotatable bonds is 14. The summed E-state index contributed by atoms with van der Waals surface area (Å²) < 4.78 is 6.09. The van der Waals surface area contributed by atoms with Crippen molar-refractivity contribution in [3.8, 4) is 22.6 Å². The summed E-state index contributed by atoms with van der Waals surface area (Å²) in [7, 11) is 0. The van der Waals surface area contributed by atoms with Crippen LogP contribution >= 0.6 is 0 Å². The monoisotopic (exact) mass is 454 g/mol. The van der Waals surface area contributed by atoms with Crippen LogP contribution in [0.15, 0.2) is 36.4 Å². The van der Waals surface area contributed by atoms with Gasteiger partial charge in [-0.1, -0.05) is 110 Å². The number of phenols is 1. The van der Waals surface area contributed by atoms with Gasteiger partial charge in [0.1, 0.15) is 17.1 Å². The summed E-state index contributed by atoms with van der Waals surface area (Å²) in [6.45, 7) is 9.11. The van der Waals surface area contributed by atoms with E-state index >= 15 is 0 Å². The van der Waals surface area contributed by atoms with Gasteiger partial charge in [-0.3, -0.25) is 0 Å². The van der Waals surface area contributed by atoms with Crippen molar-refractivity contribution >= 4 is 5.97 Å². The minimum absolute atomic E-state index is 0.111. The number of carbonyl (C=O) groups is 1. The number of aromatic hydroxyl groups is 1. The minimum Gasteiger partial charge on any atom is -0.506 e. The molecule has 0 aromatic heterocycles. The number of unbranched alkanes of at least 4 members (excludes halogenated alkanes) is 9. The van der Waals surface area contributed by atoms with Gasteiger partial charge in [-0.05, 0) is 35.1 Å². The van der Waals surface area contributed by atoms with Crippen LogP contribution in [0.4, 0.5) is 0 Å². The molecule has 2 aromatic carbocycles. The van der Waals surface area contributed by atoms with E-state index in [1.165, 1.54) is 57.4 Å². The van der Waals surface area contributed by atoms with E-state index < -0.39 is 5.97 Å². The van der Waals surface area contributed by atoms with Gasteiger partial charge in [-0.15, -0.1) is 0 Å². The van der Waals surface area contributed by atoms with Crippen LogP contribution in [0.2, 0.25) is 0 Å². The second-order valence-corrected chi connectivity index (χ2v) is 9.97. The van der Waals surface area contributed by atoms with Crippen LogP contribution in [0.1, 0.15) is 108 Å². The molecule has 0 spiro atoms. The Morgan fingerprint density at radius 2 is 1.42 bits per heavy atom. The summed E-state index contributed by atoms with van der Waals surface area (Å²) in [6, 6.07) is 10.9. The highest BCUT2D eigenvalue weighted by atomic mass is 16.5. The number of carboxylic acid groups (broad SMARTS) is 1. The second kappa shape index (κ2) is 13.3. The van der Waals surface area contributed by atoms with Crippen LogP contribution in [0.3, 0.4) is 0 Å². The summed E-state index contributed by atoms with van der Waals surface area (Å²) in [5.74, 6) is -0.854. The fraction of sp³-hybridized carbons (Fsp3) is 0.552. The van der Waals surface area contributed by atoms with E-state index in [0.29, 0.717) is 17.9 Å². The number of carboxylic acids is 1. The first-order chi connectivity index (χ1) is 15.8. The number of ether oxygens (including phenoxy) is 1. The average molecular weight is 455 g/mol. The van der Waals surface area contributed by atoms with Gasteiger partial charge in [0.15, 0.2) is 0 Å². The highest BCUT2D eigenvalue weighted by Gasteiger charge is 2.25. The molecule has 0 aliphatic carbocycles. The molecule has 0 bridgehead atoms. The van der Waals surface area contributed by atoms with E-state index in [2.05, 4.69) is 27.7 Å². The molecule has 0 radical (unpaired) electrons. The average Bonchev–Trinajstić information content (AvgIpc) is 2.76. The molecule has 4 nitrogen and oxygen atoms in total.